The largest absolute Gasteiger partial charge is 0.353 e. The molecule has 0 aromatic rings. The summed E-state index contributed by atoms with van der Waals surface area (Å²) in [6.45, 7) is 0. The molecule has 0 aromatic carbocycles. The zero-order valence-electron chi connectivity index (χ0n) is 7.58. The van der Waals surface area contributed by atoms with Gasteiger partial charge in [0.1, 0.15) is 0 Å². The van der Waals surface area contributed by atoms with Gasteiger partial charge in [0.05, 0.1) is 6.10 Å². The van der Waals surface area contributed by atoms with Crippen LogP contribution in [0.3, 0.4) is 0 Å². The molecule has 4 fully saturated rings. The Morgan fingerprint density at radius 3 is 2.33 bits per heavy atom. The van der Waals surface area contributed by atoms with E-state index in [2.05, 4.69) is 0 Å². The third-order valence-electron chi connectivity index (χ3n) is 3.81. The van der Waals surface area contributed by atoms with E-state index in [1.54, 1.807) is 7.11 Å². The van der Waals surface area contributed by atoms with E-state index in [1.165, 1.54) is 19.3 Å². The number of methoxy groups -OCH3 is 1. The standard InChI is InChI=1S/C10H16O2/c1-11-10-5-7-2-8(6-10)4-9(3-7)12-10/h7-9H,2-6H2,1H3. The second-order valence-corrected chi connectivity index (χ2v) is 4.70. The Balaban J connectivity index is 1.90. The van der Waals surface area contributed by atoms with Crippen LogP contribution in [0.25, 0.3) is 0 Å². The predicted molar refractivity (Wildman–Crippen MR) is 44.7 cm³/mol. The van der Waals surface area contributed by atoms with Crippen LogP contribution in [0.15, 0.2) is 0 Å². The highest BCUT2D eigenvalue weighted by Crippen LogP contribution is 2.53. The molecule has 4 bridgehead atoms. The van der Waals surface area contributed by atoms with Crippen LogP contribution >= 0.6 is 0 Å². The van der Waals surface area contributed by atoms with E-state index in [0.717, 1.165) is 24.7 Å². The second kappa shape index (κ2) is 2.24. The molecule has 2 saturated heterocycles. The second-order valence-electron chi connectivity index (χ2n) is 4.70. The van der Waals surface area contributed by atoms with Gasteiger partial charge in [-0.15, -0.1) is 0 Å². The van der Waals surface area contributed by atoms with Crippen LogP contribution in [-0.4, -0.2) is 19.0 Å². The molecule has 0 radical (unpaired) electrons. The Morgan fingerprint density at radius 2 is 1.83 bits per heavy atom. The SMILES string of the molecule is COC12CC3CC(CC(C3)O1)C2. The van der Waals surface area contributed by atoms with Crippen LogP contribution in [0.5, 0.6) is 0 Å². The summed E-state index contributed by atoms with van der Waals surface area (Å²) in [5, 5.41) is 0. The molecule has 2 nitrogen and oxygen atoms in total. The number of rotatable bonds is 1. The minimum absolute atomic E-state index is 0.158. The molecule has 0 spiro atoms. The van der Waals surface area contributed by atoms with Crippen molar-refractivity contribution >= 4 is 0 Å². The van der Waals surface area contributed by atoms with E-state index in [0.29, 0.717) is 6.10 Å². The smallest absolute Gasteiger partial charge is 0.168 e. The molecule has 12 heavy (non-hydrogen) atoms. The van der Waals surface area contributed by atoms with Gasteiger partial charge in [-0.1, -0.05) is 0 Å². The van der Waals surface area contributed by atoms with Gasteiger partial charge in [0, 0.05) is 20.0 Å². The minimum Gasteiger partial charge on any atom is -0.353 e. The summed E-state index contributed by atoms with van der Waals surface area (Å²) in [5.41, 5.74) is 0. The summed E-state index contributed by atoms with van der Waals surface area (Å²) >= 11 is 0. The van der Waals surface area contributed by atoms with Crippen molar-refractivity contribution in [1.82, 2.24) is 0 Å². The monoisotopic (exact) mass is 168 g/mol. The molecule has 4 rings (SSSR count). The van der Waals surface area contributed by atoms with E-state index in [9.17, 15) is 0 Å². The predicted octanol–water partition coefficient (Wildman–Crippen LogP) is 1.94. The summed E-state index contributed by atoms with van der Waals surface area (Å²) in [6, 6.07) is 0. The van der Waals surface area contributed by atoms with Gasteiger partial charge in [0.2, 0.25) is 0 Å². The lowest BCUT2D eigenvalue weighted by Gasteiger charge is -2.55. The highest BCUT2D eigenvalue weighted by molar-refractivity contribution is 4.97. The Morgan fingerprint density at radius 1 is 1.17 bits per heavy atom. The summed E-state index contributed by atoms with van der Waals surface area (Å²) in [6.07, 6.45) is 6.84. The lowest BCUT2D eigenvalue weighted by molar-refractivity contribution is -0.327. The zero-order valence-corrected chi connectivity index (χ0v) is 7.58. The van der Waals surface area contributed by atoms with Crippen molar-refractivity contribution < 1.29 is 9.47 Å². The molecule has 4 aliphatic rings. The average Bonchev–Trinajstić information content (AvgIpc) is 2.02. The molecule has 2 saturated carbocycles. The Hall–Kier alpha value is -0.0800. The lowest BCUT2D eigenvalue weighted by Crippen LogP contribution is -2.55. The molecule has 0 amide bonds. The Kier molecular flexibility index (Phi) is 1.37. The van der Waals surface area contributed by atoms with Crippen molar-refractivity contribution in [3.8, 4) is 0 Å². The fraction of sp³-hybridized carbons (Fsp3) is 1.00. The first-order valence-corrected chi connectivity index (χ1v) is 5.03. The van der Waals surface area contributed by atoms with Gasteiger partial charge in [0.15, 0.2) is 5.79 Å². The fourth-order valence-electron chi connectivity index (χ4n) is 3.51. The van der Waals surface area contributed by atoms with E-state index < -0.39 is 0 Å². The van der Waals surface area contributed by atoms with Crippen LogP contribution in [0.2, 0.25) is 0 Å². The van der Waals surface area contributed by atoms with Crippen molar-refractivity contribution in [1.29, 1.82) is 0 Å². The topological polar surface area (TPSA) is 18.5 Å². The number of ether oxygens (including phenoxy) is 2. The van der Waals surface area contributed by atoms with E-state index in [4.69, 9.17) is 9.47 Å². The first-order chi connectivity index (χ1) is 5.80. The van der Waals surface area contributed by atoms with Crippen LogP contribution in [-0.2, 0) is 9.47 Å². The third-order valence-corrected chi connectivity index (χ3v) is 3.81. The molecule has 2 heteroatoms. The molecule has 68 valence electrons. The Bertz CT molecular complexity index is 165. The van der Waals surface area contributed by atoms with Crippen molar-refractivity contribution in [3.63, 3.8) is 0 Å². The average molecular weight is 168 g/mol. The molecule has 0 N–H and O–H groups in total. The van der Waals surface area contributed by atoms with Gasteiger partial charge in [-0.3, -0.25) is 0 Å². The minimum atomic E-state index is -0.158. The van der Waals surface area contributed by atoms with Crippen molar-refractivity contribution in [2.45, 2.75) is 44.0 Å². The highest BCUT2D eigenvalue weighted by Gasteiger charge is 2.52. The van der Waals surface area contributed by atoms with Gasteiger partial charge in [-0.2, -0.15) is 0 Å². The molecule has 0 aromatic heterocycles. The normalized spacial score (nSPS) is 56.2. The zero-order chi connectivity index (χ0) is 8.18. The maximum Gasteiger partial charge on any atom is 0.168 e. The molecule has 2 aliphatic carbocycles. The first kappa shape index (κ1) is 7.34. The molecular weight excluding hydrogens is 152 g/mol. The lowest BCUT2D eigenvalue weighted by atomic mass is 9.66. The quantitative estimate of drug-likeness (QED) is 0.595. The number of hydrogen-bond donors (Lipinski definition) is 0. The van der Waals surface area contributed by atoms with Crippen LogP contribution in [0.4, 0.5) is 0 Å². The summed E-state index contributed by atoms with van der Waals surface area (Å²) in [7, 11) is 1.80. The van der Waals surface area contributed by atoms with E-state index in [1.807, 2.05) is 0 Å². The molecule has 2 atom stereocenters. The van der Waals surface area contributed by atoms with Gasteiger partial charge >= 0.3 is 0 Å². The van der Waals surface area contributed by atoms with Gasteiger partial charge < -0.3 is 9.47 Å². The van der Waals surface area contributed by atoms with E-state index in [-0.39, 0.29) is 5.79 Å². The van der Waals surface area contributed by atoms with Gasteiger partial charge in [-0.05, 0) is 31.1 Å². The molecule has 2 aliphatic heterocycles. The summed E-state index contributed by atoms with van der Waals surface area (Å²) in [4.78, 5) is 0. The third kappa shape index (κ3) is 0.882. The maximum absolute atomic E-state index is 5.94. The molecule has 2 heterocycles. The van der Waals surface area contributed by atoms with Crippen molar-refractivity contribution in [3.05, 3.63) is 0 Å². The van der Waals surface area contributed by atoms with E-state index >= 15 is 0 Å². The Labute approximate surface area is 73.2 Å². The number of hydrogen-bond acceptors (Lipinski definition) is 2. The first-order valence-electron chi connectivity index (χ1n) is 5.03. The molecule has 2 unspecified atom stereocenters. The fourth-order valence-corrected chi connectivity index (χ4v) is 3.51. The van der Waals surface area contributed by atoms with Crippen LogP contribution < -0.4 is 0 Å². The van der Waals surface area contributed by atoms with Crippen molar-refractivity contribution in [2.24, 2.45) is 11.8 Å². The van der Waals surface area contributed by atoms with Gasteiger partial charge in [0.25, 0.3) is 0 Å². The van der Waals surface area contributed by atoms with Gasteiger partial charge in [-0.25, -0.2) is 0 Å². The summed E-state index contributed by atoms with van der Waals surface area (Å²) in [5.74, 6) is 1.64. The van der Waals surface area contributed by atoms with Crippen molar-refractivity contribution in [2.75, 3.05) is 7.11 Å². The maximum atomic E-state index is 5.94. The molecular formula is C10H16O2. The van der Waals surface area contributed by atoms with Crippen LogP contribution in [0.1, 0.15) is 32.1 Å². The highest BCUT2D eigenvalue weighted by atomic mass is 16.7. The van der Waals surface area contributed by atoms with Crippen LogP contribution in [0, 0.1) is 11.8 Å². The summed E-state index contributed by atoms with van der Waals surface area (Å²) < 4.78 is 11.5.